The number of hydrogen-bond donors (Lipinski definition) is 1. The molecule has 0 aromatic rings. The summed E-state index contributed by atoms with van der Waals surface area (Å²) in [7, 11) is 0. The number of amides is 1. The normalized spacial score (nSPS) is 18.2. The lowest BCUT2D eigenvalue weighted by atomic mass is 10.5. The molecule has 0 aromatic carbocycles. The van der Waals surface area contributed by atoms with Gasteiger partial charge in [-0.05, 0) is 6.42 Å². The molecule has 0 radical (unpaired) electrons. The largest absolute Gasteiger partial charge is 0.426 e. The number of rotatable bonds is 3. The van der Waals surface area contributed by atoms with Crippen molar-refractivity contribution in [3.8, 4) is 0 Å². The molecule has 0 unspecified atom stereocenters. The Bertz CT molecular complexity index is 157. The lowest BCUT2D eigenvalue weighted by Crippen LogP contribution is -2.40. The van der Waals surface area contributed by atoms with Crippen LogP contribution in [0, 0.1) is 0 Å². The third kappa shape index (κ3) is 4.10. The maximum absolute atomic E-state index is 11.1. The van der Waals surface area contributed by atoms with E-state index < -0.39 is 0 Å². The molecule has 0 atom stereocenters. The molecule has 0 aliphatic carbocycles. The van der Waals surface area contributed by atoms with Crippen LogP contribution in [0.1, 0.15) is 13.3 Å². The summed E-state index contributed by atoms with van der Waals surface area (Å²) >= 11 is 0. The minimum absolute atomic E-state index is 0.372. The first kappa shape index (κ1) is 10.3. The zero-order valence-electron chi connectivity index (χ0n) is 7.91. The monoisotopic (exact) mass is 188 g/mol. The summed E-state index contributed by atoms with van der Waals surface area (Å²) in [5, 5.41) is 4.26. The minimum Gasteiger partial charge on any atom is -0.379 e. The Morgan fingerprint density at radius 3 is 2.85 bits per heavy atom. The summed E-state index contributed by atoms with van der Waals surface area (Å²) in [6, 6.07) is 0. The average Bonchev–Trinajstić information content (AvgIpc) is 2.16. The summed E-state index contributed by atoms with van der Waals surface area (Å²) in [6.07, 6.45) is 0.543. The molecule has 5 heteroatoms. The molecule has 1 aliphatic rings. The van der Waals surface area contributed by atoms with Gasteiger partial charge in [-0.3, -0.25) is 0 Å². The van der Waals surface area contributed by atoms with Crippen molar-refractivity contribution in [1.82, 2.24) is 10.4 Å². The molecular formula is C8H16N2O3. The molecule has 1 heterocycles. The van der Waals surface area contributed by atoms with Crippen molar-refractivity contribution in [2.45, 2.75) is 13.3 Å². The van der Waals surface area contributed by atoms with Crippen LogP contribution in [0.3, 0.4) is 0 Å². The number of carbonyl (C=O) groups is 1. The van der Waals surface area contributed by atoms with E-state index in [-0.39, 0.29) is 6.09 Å². The number of nitrogens with one attached hydrogen (secondary N) is 1. The van der Waals surface area contributed by atoms with E-state index >= 15 is 0 Å². The lowest BCUT2D eigenvalue weighted by molar-refractivity contribution is -0.145. The predicted octanol–water partition coefficient (Wildman–Crippen LogP) is 0.370. The fraction of sp³-hybridized carbons (Fsp3) is 0.875. The highest BCUT2D eigenvalue weighted by atomic mass is 16.7. The van der Waals surface area contributed by atoms with Gasteiger partial charge in [0.15, 0.2) is 0 Å². The number of hydrogen-bond acceptors (Lipinski definition) is 4. The first-order valence-corrected chi connectivity index (χ1v) is 4.61. The van der Waals surface area contributed by atoms with Crippen LogP contribution in [0.4, 0.5) is 4.79 Å². The Kier molecular flexibility index (Phi) is 4.56. The Labute approximate surface area is 77.9 Å². The second-order valence-electron chi connectivity index (χ2n) is 2.85. The van der Waals surface area contributed by atoms with Crippen LogP contribution in [0.2, 0.25) is 0 Å². The maximum Gasteiger partial charge on any atom is 0.426 e. The highest BCUT2D eigenvalue weighted by Crippen LogP contribution is 1.97. The predicted molar refractivity (Wildman–Crippen MR) is 47.2 cm³/mol. The van der Waals surface area contributed by atoms with Crippen molar-refractivity contribution in [2.75, 3.05) is 32.8 Å². The van der Waals surface area contributed by atoms with Crippen LogP contribution in [0.25, 0.3) is 0 Å². The molecular weight excluding hydrogens is 172 g/mol. The minimum atomic E-state index is -0.372. The SMILES string of the molecule is CCCNC(=O)ON1CCOCC1. The molecule has 1 saturated heterocycles. The Hall–Kier alpha value is -0.810. The second kappa shape index (κ2) is 5.77. The molecule has 1 aliphatic heterocycles. The number of carbonyl (C=O) groups excluding carboxylic acids is 1. The lowest BCUT2D eigenvalue weighted by Gasteiger charge is -2.24. The van der Waals surface area contributed by atoms with E-state index in [1.54, 1.807) is 5.06 Å². The van der Waals surface area contributed by atoms with Crippen molar-refractivity contribution in [3.05, 3.63) is 0 Å². The Morgan fingerprint density at radius 1 is 1.54 bits per heavy atom. The summed E-state index contributed by atoms with van der Waals surface area (Å²) < 4.78 is 5.11. The number of nitrogens with zero attached hydrogens (tertiary/aromatic N) is 1. The van der Waals surface area contributed by atoms with E-state index in [1.165, 1.54) is 0 Å². The molecule has 1 rings (SSSR count). The van der Waals surface area contributed by atoms with Gasteiger partial charge in [-0.15, -0.1) is 5.06 Å². The van der Waals surface area contributed by atoms with Crippen LogP contribution in [0.5, 0.6) is 0 Å². The fourth-order valence-corrected chi connectivity index (χ4v) is 1.01. The van der Waals surface area contributed by atoms with E-state index in [0.29, 0.717) is 32.8 Å². The third-order valence-electron chi connectivity index (χ3n) is 1.70. The zero-order chi connectivity index (χ0) is 9.52. The third-order valence-corrected chi connectivity index (χ3v) is 1.70. The van der Waals surface area contributed by atoms with Crippen molar-refractivity contribution < 1.29 is 14.4 Å². The first-order valence-electron chi connectivity index (χ1n) is 4.61. The van der Waals surface area contributed by atoms with Crippen LogP contribution >= 0.6 is 0 Å². The smallest absolute Gasteiger partial charge is 0.379 e. The zero-order valence-corrected chi connectivity index (χ0v) is 7.91. The Morgan fingerprint density at radius 2 is 2.23 bits per heavy atom. The van der Waals surface area contributed by atoms with Crippen LogP contribution in [-0.4, -0.2) is 44.0 Å². The van der Waals surface area contributed by atoms with Gasteiger partial charge in [0.2, 0.25) is 0 Å². The molecule has 0 spiro atoms. The molecule has 0 bridgehead atoms. The maximum atomic E-state index is 11.1. The van der Waals surface area contributed by atoms with Gasteiger partial charge in [0.25, 0.3) is 0 Å². The number of ether oxygens (including phenoxy) is 1. The molecule has 5 nitrogen and oxygen atoms in total. The molecule has 1 N–H and O–H groups in total. The van der Waals surface area contributed by atoms with Crippen molar-refractivity contribution >= 4 is 6.09 Å². The van der Waals surface area contributed by atoms with Gasteiger partial charge >= 0.3 is 6.09 Å². The van der Waals surface area contributed by atoms with Gasteiger partial charge in [-0.25, -0.2) is 4.79 Å². The topological polar surface area (TPSA) is 50.8 Å². The van der Waals surface area contributed by atoms with Gasteiger partial charge in [0.05, 0.1) is 26.3 Å². The quantitative estimate of drug-likeness (QED) is 0.695. The molecule has 13 heavy (non-hydrogen) atoms. The Balaban J connectivity index is 2.11. The van der Waals surface area contributed by atoms with Gasteiger partial charge in [0.1, 0.15) is 0 Å². The number of hydroxylamine groups is 2. The molecule has 0 saturated carbocycles. The summed E-state index contributed by atoms with van der Waals surface area (Å²) in [4.78, 5) is 16.1. The van der Waals surface area contributed by atoms with Gasteiger partial charge in [0, 0.05) is 6.54 Å². The first-order chi connectivity index (χ1) is 6.33. The highest BCUT2D eigenvalue weighted by molar-refractivity contribution is 5.66. The van der Waals surface area contributed by atoms with Crippen LogP contribution in [0.15, 0.2) is 0 Å². The summed E-state index contributed by atoms with van der Waals surface area (Å²) in [6.45, 7) is 5.21. The van der Waals surface area contributed by atoms with Crippen molar-refractivity contribution in [3.63, 3.8) is 0 Å². The van der Waals surface area contributed by atoms with Crippen LogP contribution in [-0.2, 0) is 9.57 Å². The molecule has 76 valence electrons. The standard InChI is InChI=1S/C8H16N2O3/c1-2-3-9-8(11)13-10-4-6-12-7-5-10/h2-7H2,1H3,(H,9,11). The van der Waals surface area contributed by atoms with Gasteiger partial charge < -0.3 is 14.9 Å². The van der Waals surface area contributed by atoms with E-state index in [1.807, 2.05) is 6.92 Å². The van der Waals surface area contributed by atoms with Gasteiger partial charge in [-0.1, -0.05) is 6.92 Å². The van der Waals surface area contributed by atoms with Crippen molar-refractivity contribution in [1.29, 1.82) is 0 Å². The molecule has 0 aromatic heterocycles. The van der Waals surface area contributed by atoms with Gasteiger partial charge in [-0.2, -0.15) is 0 Å². The molecule has 1 amide bonds. The van der Waals surface area contributed by atoms with E-state index in [9.17, 15) is 4.79 Å². The van der Waals surface area contributed by atoms with Crippen LogP contribution < -0.4 is 5.32 Å². The second-order valence-corrected chi connectivity index (χ2v) is 2.85. The van der Waals surface area contributed by atoms with E-state index in [2.05, 4.69) is 5.32 Å². The highest BCUT2D eigenvalue weighted by Gasteiger charge is 2.14. The average molecular weight is 188 g/mol. The number of morpholine rings is 1. The summed E-state index contributed by atoms with van der Waals surface area (Å²) in [5.41, 5.74) is 0. The molecule has 1 fully saturated rings. The van der Waals surface area contributed by atoms with E-state index in [0.717, 1.165) is 6.42 Å². The van der Waals surface area contributed by atoms with Crippen molar-refractivity contribution in [2.24, 2.45) is 0 Å². The summed E-state index contributed by atoms with van der Waals surface area (Å²) in [5.74, 6) is 0. The van der Waals surface area contributed by atoms with E-state index in [4.69, 9.17) is 9.57 Å². The fourth-order valence-electron chi connectivity index (χ4n) is 1.01.